The van der Waals surface area contributed by atoms with Crippen LogP contribution >= 0.6 is 12.6 Å². The van der Waals surface area contributed by atoms with Crippen molar-refractivity contribution in [3.63, 3.8) is 0 Å². The Morgan fingerprint density at radius 2 is 1.10 bits per heavy atom. The summed E-state index contributed by atoms with van der Waals surface area (Å²) in [6.07, 6.45) is 0. The first kappa shape index (κ1) is 21.7. The van der Waals surface area contributed by atoms with Crippen LogP contribution in [0.1, 0.15) is 30.5 Å². The molecule has 5 heteroatoms. The van der Waals surface area contributed by atoms with E-state index in [9.17, 15) is 14.7 Å². The van der Waals surface area contributed by atoms with Gasteiger partial charge in [0.05, 0.1) is 10.7 Å². The molecule has 1 amide bonds. The lowest BCUT2D eigenvalue weighted by Gasteiger charge is -2.40. The maximum atomic E-state index is 13.4. The van der Waals surface area contributed by atoms with Gasteiger partial charge in [-0.25, -0.2) is 4.79 Å². The van der Waals surface area contributed by atoms with Crippen LogP contribution in [-0.4, -0.2) is 27.8 Å². The average molecular weight is 420 g/mol. The van der Waals surface area contributed by atoms with Crippen LogP contribution in [0.5, 0.6) is 0 Å². The van der Waals surface area contributed by atoms with E-state index in [0.717, 1.165) is 16.7 Å². The number of carboxylic acid groups (broad SMARTS) is 1. The standard InChI is InChI=1S/C25H25NO3S/c1-24(2,23(28)29)26-22(27)21(30)25(18-12-6-3-7-13-18,19-14-8-4-9-15-19)20-16-10-5-11-17-20/h3-17,21,30H,1-2H3,(H,26,27)(H,28,29). The predicted octanol–water partition coefficient (Wildman–Crippen LogP) is 4.30. The third kappa shape index (κ3) is 3.98. The summed E-state index contributed by atoms with van der Waals surface area (Å²) in [5.74, 6) is -1.57. The van der Waals surface area contributed by atoms with Crippen LogP contribution in [0.15, 0.2) is 91.0 Å². The molecule has 0 aliphatic heterocycles. The van der Waals surface area contributed by atoms with Gasteiger partial charge in [-0.2, -0.15) is 12.6 Å². The SMILES string of the molecule is CC(C)(NC(=O)C(S)C(c1ccccc1)(c1ccccc1)c1ccccc1)C(=O)O. The minimum atomic E-state index is -1.42. The fraction of sp³-hybridized carbons (Fsp3) is 0.200. The van der Waals surface area contributed by atoms with Gasteiger partial charge >= 0.3 is 5.97 Å². The van der Waals surface area contributed by atoms with Crippen LogP contribution in [0.3, 0.4) is 0 Å². The Labute approximate surface area is 182 Å². The number of carboxylic acids is 1. The van der Waals surface area contributed by atoms with Gasteiger partial charge in [-0.15, -0.1) is 0 Å². The normalized spacial score (nSPS) is 12.8. The Bertz CT molecular complexity index is 908. The molecule has 0 aromatic heterocycles. The zero-order valence-electron chi connectivity index (χ0n) is 16.9. The second-order valence-corrected chi connectivity index (χ2v) is 8.24. The second-order valence-electron chi connectivity index (χ2n) is 7.73. The first-order valence-corrected chi connectivity index (χ1v) is 10.2. The zero-order valence-corrected chi connectivity index (χ0v) is 17.8. The van der Waals surface area contributed by atoms with Crippen LogP contribution in [0, 0.1) is 0 Å². The van der Waals surface area contributed by atoms with Gasteiger partial charge in [0.15, 0.2) is 0 Å². The van der Waals surface area contributed by atoms with Crippen molar-refractivity contribution < 1.29 is 14.7 Å². The molecule has 30 heavy (non-hydrogen) atoms. The average Bonchev–Trinajstić information content (AvgIpc) is 2.76. The summed E-state index contributed by atoms with van der Waals surface area (Å²) in [7, 11) is 0. The van der Waals surface area contributed by atoms with Crippen molar-refractivity contribution in [3.05, 3.63) is 108 Å². The van der Waals surface area contributed by atoms with Crippen LogP contribution in [-0.2, 0) is 15.0 Å². The molecule has 1 unspecified atom stereocenters. The highest BCUT2D eigenvalue weighted by atomic mass is 32.1. The third-order valence-electron chi connectivity index (χ3n) is 5.32. The number of thiol groups is 1. The van der Waals surface area contributed by atoms with E-state index >= 15 is 0 Å². The van der Waals surface area contributed by atoms with Gasteiger partial charge in [0.25, 0.3) is 0 Å². The van der Waals surface area contributed by atoms with Crippen molar-refractivity contribution in [2.45, 2.75) is 30.1 Å². The molecule has 3 rings (SSSR count). The fourth-order valence-corrected chi connectivity index (χ4v) is 4.21. The fourth-order valence-electron chi connectivity index (χ4n) is 3.70. The maximum absolute atomic E-state index is 13.4. The van der Waals surface area contributed by atoms with Crippen LogP contribution < -0.4 is 5.32 Å². The molecular formula is C25H25NO3S. The van der Waals surface area contributed by atoms with Gasteiger partial charge in [0.2, 0.25) is 5.91 Å². The first-order chi connectivity index (χ1) is 14.3. The van der Waals surface area contributed by atoms with E-state index in [4.69, 9.17) is 12.6 Å². The summed E-state index contributed by atoms with van der Waals surface area (Å²) in [4.78, 5) is 25.0. The minimum Gasteiger partial charge on any atom is -0.480 e. The Morgan fingerprint density at radius 1 is 0.767 bits per heavy atom. The zero-order chi connectivity index (χ0) is 21.8. The number of hydrogen-bond acceptors (Lipinski definition) is 3. The van der Waals surface area contributed by atoms with Gasteiger partial charge in [0, 0.05) is 0 Å². The molecule has 0 aliphatic carbocycles. The lowest BCUT2D eigenvalue weighted by Crippen LogP contribution is -2.56. The lowest BCUT2D eigenvalue weighted by molar-refractivity contribution is -0.146. The molecule has 0 radical (unpaired) electrons. The molecule has 0 bridgehead atoms. The molecule has 2 N–H and O–H groups in total. The van der Waals surface area contributed by atoms with Crippen LogP contribution in [0.4, 0.5) is 0 Å². The van der Waals surface area contributed by atoms with E-state index in [1.54, 1.807) is 0 Å². The molecular weight excluding hydrogens is 394 g/mol. The molecule has 3 aromatic carbocycles. The number of carbonyl (C=O) groups is 2. The van der Waals surface area contributed by atoms with Crippen molar-refractivity contribution >= 4 is 24.5 Å². The Morgan fingerprint density at radius 3 is 1.40 bits per heavy atom. The quantitative estimate of drug-likeness (QED) is 0.395. The number of benzene rings is 3. The van der Waals surface area contributed by atoms with E-state index in [-0.39, 0.29) is 0 Å². The highest BCUT2D eigenvalue weighted by Gasteiger charge is 2.47. The summed E-state index contributed by atoms with van der Waals surface area (Å²) in [5, 5.41) is 11.3. The molecule has 0 spiro atoms. The molecule has 0 saturated heterocycles. The summed E-state index contributed by atoms with van der Waals surface area (Å²) in [6, 6.07) is 29.1. The Hall–Kier alpha value is -3.05. The van der Waals surface area contributed by atoms with Crippen LogP contribution in [0.25, 0.3) is 0 Å². The van der Waals surface area contributed by atoms with E-state index in [0.29, 0.717) is 0 Å². The van der Waals surface area contributed by atoms with Gasteiger partial charge in [0.1, 0.15) is 5.54 Å². The number of rotatable bonds is 7. The number of amides is 1. The highest BCUT2D eigenvalue weighted by molar-refractivity contribution is 7.82. The van der Waals surface area contributed by atoms with Crippen molar-refractivity contribution in [1.82, 2.24) is 5.32 Å². The van der Waals surface area contributed by atoms with Crippen molar-refractivity contribution in [3.8, 4) is 0 Å². The molecule has 1 atom stereocenters. The second kappa shape index (κ2) is 8.76. The first-order valence-electron chi connectivity index (χ1n) is 9.70. The van der Waals surface area contributed by atoms with Crippen LogP contribution in [0.2, 0.25) is 0 Å². The monoisotopic (exact) mass is 419 g/mol. The summed E-state index contributed by atoms with van der Waals surface area (Å²) in [5.41, 5.74) is 0.335. The minimum absolute atomic E-state index is 0.456. The summed E-state index contributed by atoms with van der Waals surface area (Å²) in [6.45, 7) is 2.92. The maximum Gasteiger partial charge on any atom is 0.328 e. The lowest BCUT2D eigenvalue weighted by atomic mass is 9.66. The molecule has 0 saturated carbocycles. The number of nitrogens with one attached hydrogen (secondary N) is 1. The smallest absolute Gasteiger partial charge is 0.328 e. The summed E-state index contributed by atoms with van der Waals surface area (Å²) >= 11 is 4.82. The predicted molar refractivity (Wildman–Crippen MR) is 122 cm³/mol. The number of aliphatic carboxylic acids is 1. The van der Waals surface area contributed by atoms with E-state index in [2.05, 4.69) is 5.32 Å². The number of hydrogen-bond donors (Lipinski definition) is 3. The molecule has 154 valence electrons. The van der Waals surface area contributed by atoms with Crippen molar-refractivity contribution in [2.24, 2.45) is 0 Å². The van der Waals surface area contributed by atoms with E-state index in [1.165, 1.54) is 13.8 Å². The topological polar surface area (TPSA) is 66.4 Å². The van der Waals surface area contributed by atoms with Crippen molar-refractivity contribution in [2.75, 3.05) is 0 Å². The molecule has 4 nitrogen and oxygen atoms in total. The molecule has 0 aliphatic rings. The van der Waals surface area contributed by atoms with Gasteiger partial charge < -0.3 is 10.4 Å². The Kier molecular flexibility index (Phi) is 6.32. The van der Waals surface area contributed by atoms with Gasteiger partial charge in [-0.05, 0) is 30.5 Å². The van der Waals surface area contributed by atoms with Gasteiger partial charge in [-0.1, -0.05) is 91.0 Å². The summed E-state index contributed by atoms with van der Waals surface area (Å²) < 4.78 is 0. The Balaban J connectivity index is 2.26. The van der Waals surface area contributed by atoms with E-state index < -0.39 is 28.1 Å². The van der Waals surface area contributed by atoms with Crippen molar-refractivity contribution in [1.29, 1.82) is 0 Å². The van der Waals surface area contributed by atoms with Gasteiger partial charge in [-0.3, -0.25) is 4.79 Å². The largest absolute Gasteiger partial charge is 0.480 e. The molecule has 0 fully saturated rings. The van der Waals surface area contributed by atoms with E-state index in [1.807, 2.05) is 91.0 Å². The molecule has 0 heterocycles. The highest BCUT2D eigenvalue weighted by Crippen LogP contribution is 2.44. The third-order valence-corrected chi connectivity index (χ3v) is 5.94. The number of carbonyl (C=O) groups excluding carboxylic acids is 1. The molecule has 3 aromatic rings.